The molecule has 0 atom stereocenters. The van der Waals surface area contributed by atoms with Gasteiger partial charge in [0.1, 0.15) is 5.82 Å². The summed E-state index contributed by atoms with van der Waals surface area (Å²) in [6.45, 7) is 5.34. The lowest BCUT2D eigenvalue weighted by molar-refractivity contribution is 0.367. The van der Waals surface area contributed by atoms with Gasteiger partial charge in [0.05, 0.1) is 22.5 Å². The SMILES string of the molecule is CC(C)Cn1c(CN(C)C)nc2cc(Cl)cc(Cl)c2c1=O. The summed E-state index contributed by atoms with van der Waals surface area (Å²) >= 11 is 12.2. The van der Waals surface area contributed by atoms with Crippen molar-refractivity contribution in [1.82, 2.24) is 14.5 Å². The van der Waals surface area contributed by atoms with Gasteiger partial charge < -0.3 is 4.90 Å². The third-order valence-electron chi connectivity index (χ3n) is 3.06. The third kappa shape index (κ3) is 3.57. The van der Waals surface area contributed by atoms with E-state index in [1.165, 1.54) is 0 Å². The summed E-state index contributed by atoms with van der Waals surface area (Å²) in [7, 11) is 3.89. The van der Waals surface area contributed by atoms with Crippen LogP contribution in [-0.2, 0) is 13.1 Å². The summed E-state index contributed by atoms with van der Waals surface area (Å²) in [5.74, 6) is 1.07. The van der Waals surface area contributed by atoms with Gasteiger partial charge in [0, 0.05) is 11.6 Å². The highest BCUT2D eigenvalue weighted by Gasteiger charge is 2.15. The second-order valence-electron chi connectivity index (χ2n) is 5.86. The second-order valence-corrected chi connectivity index (χ2v) is 6.70. The van der Waals surface area contributed by atoms with Gasteiger partial charge in [0.2, 0.25) is 0 Å². The molecular formula is C15H19Cl2N3O. The van der Waals surface area contributed by atoms with E-state index in [9.17, 15) is 4.79 Å². The Kier molecular flexibility index (Phi) is 4.91. The summed E-state index contributed by atoms with van der Waals surface area (Å²) < 4.78 is 1.72. The minimum atomic E-state index is -0.104. The van der Waals surface area contributed by atoms with Gasteiger partial charge in [0.15, 0.2) is 0 Å². The number of rotatable bonds is 4. The molecule has 1 aromatic carbocycles. The van der Waals surface area contributed by atoms with Gasteiger partial charge in [-0.25, -0.2) is 4.98 Å². The number of nitrogens with zero attached hydrogens (tertiary/aromatic N) is 3. The smallest absolute Gasteiger partial charge is 0.262 e. The molecule has 1 heterocycles. The third-order valence-corrected chi connectivity index (χ3v) is 3.58. The fourth-order valence-corrected chi connectivity index (χ4v) is 2.83. The molecule has 0 N–H and O–H groups in total. The maximum Gasteiger partial charge on any atom is 0.262 e. The predicted molar refractivity (Wildman–Crippen MR) is 88.3 cm³/mol. The van der Waals surface area contributed by atoms with Crippen LogP contribution in [0.25, 0.3) is 10.9 Å². The lowest BCUT2D eigenvalue weighted by atomic mass is 10.2. The van der Waals surface area contributed by atoms with E-state index in [2.05, 4.69) is 18.8 Å². The van der Waals surface area contributed by atoms with Crippen LogP contribution >= 0.6 is 23.2 Å². The van der Waals surface area contributed by atoms with Crippen molar-refractivity contribution in [3.8, 4) is 0 Å². The highest BCUT2D eigenvalue weighted by Crippen LogP contribution is 2.24. The maximum absolute atomic E-state index is 12.8. The van der Waals surface area contributed by atoms with Gasteiger partial charge in [-0.1, -0.05) is 37.0 Å². The largest absolute Gasteiger partial charge is 0.302 e. The molecule has 0 spiro atoms. The molecule has 114 valence electrons. The van der Waals surface area contributed by atoms with Crippen LogP contribution in [0.1, 0.15) is 19.7 Å². The standard InChI is InChI=1S/C15H19Cl2N3O/c1-9(2)7-20-13(8-19(3)4)18-12-6-10(16)5-11(17)14(12)15(20)21/h5-6,9H,7-8H2,1-4H3. The topological polar surface area (TPSA) is 38.1 Å². The van der Waals surface area contributed by atoms with Crippen molar-refractivity contribution in [3.05, 3.63) is 38.4 Å². The normalized spacial score (nSPS) is 11.8. The Balaban J connectivity index is 2.77. The molecule has 0 radical (unpaired) electrons. The van der Waals surface area contributed by atoms with Gasteiger partial charge in [-0.2, -0.15) is 0 Å². The number of hydrogen-bond acceptors (Lipinski definition) is 3. The van der Waals surface area contributed by atoms with Crippen LogP contribution in [0, 0.1) is 5.92 Å². The van der Waals surface area contributed by atoms with Crippen LogP contribution in [-0.4, -0.2) is 28.5 Å². The molecule has 0 saturated heterocycles. The van der Waals surface area contributed by atoms with E-state index in [1.54, 1.807) is 16.7 Å². The molecule has 6 heteroatoms. The Morgan fingerprint density at radius 1 is 1.29 bits per heavy atom. The lowest BCUT2D eigenvalue weighted by Gasteiger charge is -2.18. The quantitative estimate of drug-likeness (QED) is 0.863. The van der Waals surface area contributed by atoms with Gasteiger partial charge in [-0.05, 0) is 32.1 Å². The number of fused-ring (bicyclic) bond motifs is 1. The van der Waals surface area contributed by atoms with E-state index < -0.39 is 0 Å². The molecular weight excluding hydrogens is 309 g/mol. The molecule has 0 aliphatic heterocycles. The molecule has 1 aromatic heterocycles. The van der Waals surface area contributed by atoms with Gasteiger partial charge in [-0.3, -0.25) is 9.36 Å². The Morgan fingerprint density at radius 2 is 1.95 bits per heavy atom. The highest BCUT2D eigenvalue weighted by molar-refractivity contribution is 6.38. The molecule has 0 amide bonds. The van der Waals surface area contributed by atoms with Crippen molar-refractivity contribution >= 4 is 34.1 Å². The Morgan fingerprint density at radius 3 is 2.52 bits per heavy atom. The Hall–Kier alpha value is -1.10. The lowest BCUT2D eigenvalue weighted by Crippen LogP contribution is -2.30. The fourth-order valence-electron chi connectivity index (χ4n) is 2.27. The van der Waals surface area contributed by atoms with Crippen molar-refractivity contribution in [3.63, 3.8) is 0 Å². The minimum absolute atomic E-state index is 0.104. The van der Waals surface area contributed by atoms with Crippen LogP contribution in [0.4, 0.5) is 0 Å². The van der Waals surface area contributed by atoms with Crippen molar-refractivity contribution in [2.45, 2.75) is 26.9 Å². The second kappa shape index (κ2) is 6.34. The first-order valence-corrected chi connectivity index (χ1v) is 7.58. The Labute approximate surface area is 134 Å². The molecule has 0 aliphatic carbocycles. The van der Waals surface area contributed by atoms with Crippen molar-refractivity contribution in [2.24, 2.45) is 5.92 Å². The van der Waals surface area contributed by atoms with Crippen LogP contribution in [0.15, 0.2) is 16.9 Å². The van der Waals surface area contributed by atoms with Crippen molar-refractivity contribution in [2.75, 3.05) is 14.1 Å². The molecule has 2 rings (SSSR count). The highest BCUT2D eigenvalue weighted by atomic mass is 35.5. The summed E-state index contributed by atoms with van der Waals surface area (Å²) in [5.41, 5.74) is 0.446. The average molecular weight is 328 g/mol. The van der Waals surface area contributed by atoms with Gasteiger partial charge in [-0.15, -0.1) is 0 Å². The summed E-state index contributed by atoms with van der Waals surface area (Å²) in [6, 6.07) is 3.27. The van der Waals surface area contributed by atoms with Crippen LogP contribution in [0.3, 0.4) is 0 Å². The molecule has 2 aromatic rings. The molecule has 0 fully saturated rings. The first-order chi connectivity index (χ1) is 9.79. The minimum Gasteiger partial charge on any atom is -0.302 e. The molecule has 0 aliphatic rings. The van der Waals surface area contributed by atoms with Crippen LogP contribution in [0.2, 0.25) is 10.0 Å². The summed E-state index contributed by atoms with van der Waals surface area (Å²) in [6.07, 6.45) is 0. The number of aromatic nitrogens is 2. The van der Waals surface area contributed by atoms with E-state index in [0.717, 1.165) is 5.82 Å². The van der Waals surface area contributed by atoms with Crippen LogP contribution in [0.5, 0.6) is 0 Å². The number of benzene rings is 1. The monoisotopic (exact) mass is 327 g/mol. The van der Waals surface area contributed by atoms with E-state index in [1.807, 2.05) is 19.0 Å². The molecule has 0 unspecified atom stereocenters. The van der Waals surface area contributed by atoms with E-state index >= 15 is 0 Å². The number of halogens is 2. The van der Waals surface area contributed by atoms with Gasteiger partial charge >= 0.3 is 0 Å². The predicted octanol–water partition coefficient (Wildman–Crippen LogP) is 3.42. The zero-order valence-corrected chi connectivity index (χ0v) is 14.2. The number of hydrogen-bond donors (Lipinski definition) is 0. The van der Waals surface area contributed by atoms with Crippen LogP contribution < -0.4 is 5.56 Å². The van der Waals surface area contributed by atoms with Gasteiger partial charge in [0.25, 0.3) is 5.56 Å². The molecule has 4 nitrogen and oxygen atoms in total. The Bertz CT molecular complexity index is 723. The zero-order valence-electron chi connectivity index (χ0n) is 12.7. The fraction of sp³-hybridized carbons (Fsp3) is 0.467. The first-order valence-electron chi connectivity index (χ1n) is 6.82. The molecule has 0 saturated carbocycles. The first kappa shape index (κ1) is 16.3. The summed E-state index contributed by atoms with van der Waals surface area (Å²) in [4.78, 5) is 19.4. The van der Waals surface area contributed by atoms with E-state index in [-0.39, 0.29) is 5.56 Å². The van der Waals surface area contributed by atoms with Crippen molar-refractivity contribution in [1.29, 1.82) is 0 Å². The zero-order chi connectivity index (χ0) is 15.7. The summed E-state index contributed by atoms with van der Waals surface area (Å²) in [5, 5.41) is 1.27. The average Bonchev–Trinajstić information content (AvgIpc) is 2.31. The molecule has 0 bridgehead atoms. The molecule has 21 heavy (non-hydrogen) atoms. The van der Waals surface area contributed by atoms with E-state index in [4.69, 9.17) is 23.2 Å². The maximum atomic E-state index is 12.8. The van der Waals surface area contributed by atoms with Crippen molar-refractivity contribution < 1.29 is 0 Å². The van der Waals surface area contributed by atoms with E-state index in [0.29, 0.717) is 40.0 Å².